The Balaban J connectivity index is 0.00000208. The van der Waals surface area contributed by atoms with E-state index in [0.29, 0.717) is 6.04 Å². The summed E-state index contributed by atoms with van der Waals surface area (Å²) in [5.74, 6) is -0.785. The van der Waals surface area contributed by atoms with Gasteiger partial charge in [0.05, 0.1) is 12.2 Å². The van der Waals surface area contributed by atoms with Crippen LogP contribution in [0.3, 0.4) is 0 Å². The summed E-state index contributed by atoms with van der Waals surface area (Å²) in [4.78, 5) is 14.1. The van der Waals surface area contributed by atoms with Gasteiger partial charge in [-0.1, -0.05) is 0 Å². The molecule has 0 atom stereocenters. The summed E-state index contributed by atoms with van der Waals surface area (Å²) in [7, 11) is 0. The first-order chi connectivity index (χ1) is 11.1. The molecule has 1 amide bonds. The Bertz CT molecular complexity index is 561. The van der Waals surface area contributed by atoms with Crippen LogP contribution < -0.4 is 10.6 Å². The molecule has 0 spiro atoms. The van der Waals surface area contributed by atoms with Gasteiger partial charge in [0.1, 0.15) is 11.6 Å². The molecule has 134 valence electrons. The van der Waals surface area contributed by atoms with Crippen LogP contribution in [0.5, 0.6) is 0 Å². The second kappa shape index (κ2) is 8.74. The van der Waals surface area contributed by atoms with Crippen LogP contribution >= 0.6 is 12.4 Å². The number of amides is 1. The SMILES string of the molecule is Cl.O=C(CN1CCC(NCC2CC2)CC1)Nc1ccc(F)cc1F. The first kappa shape index (κ1) is 19.1. The lowest BCUT2D eigenvalue weighted by molar-refractivity contribution is -0.117. The fourth-order valence-electron chi connectivity index (χ4n) is 2.93. The zero-order valence-corrected chi connectivity index (χ0v) is 14.4. The van der Waals surface area contributed by atoms with Crippen LogP contribution in [0.4, 0.5) is 14.5 Å². The zero-order valence-electron chi connectivity index (χ0n) is 13.6. The van der Waals surface area contributed by atoms with Crippen molar-refractivity contribution in [3.05, 3.63) is 29.8 Å². The molecule has 1 aliphatic heterocycles. The lowest BCUT2D eigenvalue weighted by atomic mass is 10.0. The Hall–Kier alpha value is -1.24. The van der Waals surface area contributed by atoms with Gasteiger partial charge >= 0.3 is 0 Å². The summed E-state index contributed by atoms with van der Waals surface area (Å²) >= 11 is 0. The van der Waals surface area contributed by atoms with Crippen molar-refractivity contribution >= 4 is 24.0 Å². The van der Waals surface area contributed by atoms with Gasteiger partial charge in [0, 0.05) is 25.2 Å². The van der Waals surface area contributed by atoms with Gasteiger partial charge in [-0.3, -0.25) is 9.69 Å². The molecule has 2 N–H and O–H groups in total. The maximum absolute atomic E-state index is 13.5. The maximum Gasteiger partial charge on any atom is 0.238 e. The summed E-state index contributed by atoms with van der Waals surface area (Å²) < 4.78 is 26.4. The predicted octanol–water partition coefficient (Wildman–Crippen LogP) is 2.79. The van der Waals surface area contributed by atoms with Crippen LogP contribution in [0, 0.1) is 17.6 Å². The van der Waals surface area contributed by atoms with Gasteiger partial charge < -0.3 is 10.6 Å². The molecule has 0 radical (unpaired) electrons. The monoisotopic (exact) mass is 359 g/mol. The lowest BCUT2D eigenvalue weighted by Crippen LogP contribution is -2.45. The number of halogens is 3. The van der Waals surface area contributed by atoms with Gasteiger partial charge in [-0.25, -0.2) is 8.78 Å². The number of likely N-dealkylation sites (tertiary alicyclic amines) is 1. The second-order valence-electron chi connectivity index (χ2n) is 6.57. The number of piperidine rings is 1. The molecule has 1 heterocycles. The molecular formula is C17H24ClF2N3O. The average molecular weight is 360 g/mol. The first-order valence-corrected chi connectivity index (χ1v) is 8.31. The van der Waals surface area contributed by atoms with E-state index >= 15 is 0 Å². The quantitative estimate of drug-likeness (QED) is 0.821. The summed E-state index contributed by atoms with van der Waals surface area (Å²) in [6, 6.07) is 3.70. The van der Waals surface area contributed by atoms with E-state index in [-0.39, 0.29) is 30.5 Å². The Labute approximate surface area is 147 Å². The molecule has 1 aromatic rings. The molecule has 2 aliphatic rings. The van der Waals surface area contributed by atoms with Crippen molar-refractivity contribution in [2.75, 3.05) is 31.5 Å². The van der Waals surface area contributed by atoms with Gasteiger partial charge in [0.15, 0.2) is 0 Å². The van der Waals surface area contributed by atoms with Crippen LogP contribution in [-0.4, -0.2) is 43.0 Å². The fourth-order valence-corrected chi connectivity index (χ4v) is 2.93. The number of anilines is 1. The lowest BCUT2D eigenvalue weighted by Gasteiger charge is -2.32. The highest BCUT2D eigenvalue weighted by molar-refractivity contribution is 5.92. The number of hydrogen-bond donors (Lipinski definition) is 2. The molecule has 24 heavy (non-hydrogen) atoms. The number of rotatable bonds is 6. The first-order valence-electron chi connectivity index (χ1n) is 8.31. The van der Waals surface area contributed by atoms with E-state index in [2.05, 4.69) is 15.5 Å². The van der Waals surface area contributed by atoms with E-state index in [1.165, 1.54) is 18.9 Å². The van der Waals surface area contributed by atoms with Crippen LogP contribution in [0.15, 0.2) is 18.2 Å². The van der Waals surface area contributed by atoms with Crippen molar-refractivity contribution in [1.82, 2.24) is 10.2 Å². The molecule has 1 aromatic carbocycles. The average Bonchev–Trinajstić information content (AvgIpc) is 3.34. The highest BCUT2D eigenvalue weighted by atomic mass is 35.5. The summed E-state index contributed by atoms with van der Waals surface area (Å²) in [5.41, 5.74) is 0.0254. The van der Waals surface area contributed by atoms with Crippen molar-refractivity contribution < 1.29 is 13.6 Å². The minimum atomic E-state index is -0.749. The molecule has 7 heteroatoms. The minimum absolute atomic E-state index is 0. The van der Waals surface area contributed by atoms with E-state index in [0.717, 1.165) is 50.5 Å². The number of carbonyl (C=O) groups excluding carboxylic acids is 1. The van der Waals surface area contributed by atoms with Gasteiger partial charge in [-0.05, 0) is 50.3 Å². The van der Waals surface area contributed by atoms with Gasteiger partial charge in [0.25, 0.3) is 0 Å². The van der Waals surface area contributed by atoms with E-state index < -0.39 is 11.6 Å². The zero-order chi connectivity index (χ0) is 16.2. The predicted molar refractivity (Wildman–Crippen MR) is 92.4 cm³/mol. The highest BCUT2D eigenvalue weighted by Crippen LogP contribution is 2.28. The third-order valence-electron chi connectivity index (χ3n) is 4.55. The van der Waals surface area contributed by atoms with Crippen molar-refractivity contribution in [2.24, 2.45) is 5.92 Å². The Morgan fingerprint density at radius 2 is 1.88 bits per heavy atom. The molecule has 4 nitrogen and oxygen atoms in total. The van der Waals surface area contributed by atoms with Crippen molar-refractivity contribution in [3.63, 3.8) is 0 Å². The molecule has 1 saturated heterocycles. The van der Waals surface area contributed by atoms with Gasteiger partial charge in [0.2, 0.25) is 5.91 Å². The smallest absolute Gasteiger partial charge is 0.238 e. The van der Waals surface area contributed by atoms with Crippen LogP contribution in [0.2, 0.25) is 0 Å². The standard InChI is InChI=1S/C17H23F2N3O.ClH/c18-13-3-4-16(15(19)9-13)21-17(23)11-22-7-5-14(6-8-22)20-10-12-1-2-12;/h3-4,9,12,14,20H,1-2,5-8,10-11H2,(H,21,23);1H. The molecule has 1 aliphatic carbocycles. The van der Waals surface area contributed by atoms with Gasteiger partial charge in [-0.2, -0.15) is 0 Å². The Morgan fingerprint density at radius 1 is 1.17 bits per heavy atom. The molecule has 0 aromatic heterocycles. The normalized spacial score (nSPS) is 18.9. The largest absolute Gasteiger partial charge is 0.322 e. The fraction of sp³-hybridized carbons (Fsp3) is 0.588. The van der Waals surface area contributed by atoms with Crippen molar-refractivity contribution in [2.45, 2.75) is 31.7 Å². The molecule has 2 fully saturated rings. The van der Waals surface area contributed by atoms with Crippen LogP contribution in [-0.2, 0) is 4.79 Å². The molecule has 1 saturated carbocycles. The van der Waals surface area contributed by atoms with E-state index in [4.69, 9.17) is 0 Å². The Morgan fingerprint density at radius 3 is 2.50 bits per heavy atom. The van der Waals surface area contributed by atoms with Crippen molar-refractivity contribution in [1.29, 1.82) is 0 Å². The summed E-state index contributed by atoms with van der Waals surface area (Å²) in [6.45, 7) is 3.09. The third kappa shape index (κ3) is 5.69. The van der Waals surface area contributed by atoms with Crippen molar-refractivity contribution in [3.8, 4) is 0 Å². The molecule has 3 rings (SSSR count). The molecule has 0 bridgehead atoms. The number of carbonyl (C=O) groups is 1. The molecular weight excluding hydrogens is 336 g/mol. The number of hydrogen-bond acceptors (Lipinski definition) is 3. The van der Waals surface area contributed by atoms with E-state index in [1.807, 2.05) is 0 Å². The maximum atomic E-state index is 13.5. The molecule has 0 unspecified atom stereocenters. The van der Waals surface area contributed by atoms with Gasteiger partial charge in [-0.15, -0.1) is 12.4 Å². The summed E-state index contributed by atoms with van der Waals surface area (Å²) in [5, 5.41) is 6.10. The van der Waals surface area contributed by atoms with E-state index in [9.17, 15) is 13.6 Å². The van der Waals surface area contributed by atoms with Crippen LogP contribution in [0.1, 0.15) is 25.7 Å². The van der Waals surface area contributed by atoms with Crippen LogP contribution in [0.25, 0.3) is 0 Å². The number of nitrogens with one attached hydrogen (secondary N) is 2. The second-order valence-corrected chi connectivity index (χ2v) is 6.57. The number of nitrogens with zero attached hydrogens (tertiary/aromatic N) is 1. The third-order valence-corrected chi connectivity index (χ3v) is 4.55. The Kier molecular flexibility index (Phi) is 6.95. The summed E-state index contributed by atoms with van der Waals surface area (Å²) in [6.07, 6.45) is 4.77. The minimum Gasteiger partial charge on any atom is -0.322 e. The number of benzene rings is 1. The highest BCUT2D eigenvalue weighted by Gasteiger charge is 2.25. The topological polar surface area (TPSA) is 44.4 Å². The van der Waals surface area contributed by atoms with E-state index in [1.54, 1.807) is 0 Å².